The van der Waals surface area contributed by atoms with Crippen LogP contribution in [0.15, 0.2) is 6.07 Å². The van der Waals surface area contributed by atoms with Crippen molar-refractivity contribution in [3.05, 3.63) is 17.5 Å². The van der Waals surface area contributed by atoms with E-state index in [0.717, 1.165) is 18.5 Å². The Bertz CT molecular complexity index is 451. The van der Waals surface area contributed by atoms with Gasteiger partial charge in [0.2, 0.25) is 0 Å². The molecule has 1 aromatic rings. The highest BCUT2D eigenvalue weighted by atomic mass is 16.5. The van der Waals surface area contributed by atoms with Crippen LogP contribution in [0.3, 0.4) is 0 Å². The Labute approximate surface area is 117 Å². The maximum atomic E-state index is 11.5. The Hall–Kier alpha value is -2.05. The average molecular weight is 283 g/mol. The summed E-state index contributed by atoms with van der Waals surface area (Å²) in [4.78, 5) is 22.6. The molecule has 7 heteroatoms. The Balaban J connectivity index is 2.56. The summed E-state index contributed by atoms with van der Waals surface area (Å²) in [7, 11) is 1.78. The van der Waals surface area contributed by atoms with E-state index < -0.39 is 18.1 Å². The zero-order valence-electron chi connectivity index (χ0n) is 12.0. The van der Waals surface area contributed by atoms with Crippen LogP contribution in [0.25, 0.3) is 0 Å². The highest BCUT2D eigenvalue weighted by molar-refractivity contribution is 5.80. The average Bonchev–Trinajstić information content (AvgIpc) is 2.68. The molecule has 0 saturated carbocycles. The number of rotatable bonds is 7. The lowest BCUT2D eigenvalue weighted by Crippen LogP contribution is -2.42. The van der Waals surface area contributed by atoms with Gasteiger partial charge in [-0.1, -0.05) is 13.3 Å². The molecule has 112 valence electrons. The topological polar surface area (TPSA) is 93.5 Å². The molecule has 0 aliphatic carbocycles. The number of carboxylic acids is 1. The van der Waals surface area contributed by atoms with Crippen LogP contribution in [-0.4, -0.2) is 39.6 Å². The molecule has 1 aromatic heterocycles. The van der Waals surface area contributed by atoms with Gasteiger partial charge in [-0.05, 0) is 19.4 Å². The summed E-state index contributed by atoms with van der Waals surface area (Å²) < 4.78 is 6.55. The molecule has 1 amide bonds. The molecule has 0 aliphatic heterocycles. The van der Waals surface area contributed by atoms with Gasteiger partial charge < -0.3 is 15.2 Å². The number of carboxylic acid groups (broad SMARTS) is 1. The molecule has 0 spiro atoms. The molecule has 0 aliphatic rings. The summed E-state index contributed by atoms with van der Waals surface area (Å²) in [6, 6.07) is 0.749. The predicted molar refractivity (Wildman–Crippen MR) is 72.5 cm³/mol. The number of aryl methyl sites for hydroxylation is 2. The Kier molecular flexibility index (Phi) is 6.02. The van der Waals surface area contributed by atoms with Gasteiger partial charge in [-0.2, -0.15) is 5.10 Å². The van der Waals surface area contributed by atoms with Crippen LogP contribution >= 0.6 is 0 Å². The highest BCUT2D eigenvalue weighted by Crippen LogP contribution is 2.05. The standard InChI is InChI=1S/C13H21N3O4/c1-4-5-6-20-13(19)14-11(12(17)18)8-10-7-9(2)16(3)15-10/h7,11H,4-6,8H2,1-3H3,(H,14,19)(H,17,18). The van der Waals surface area contributed by atoms with Crippen molar-refractivity contribution in [2.24, 2.45) is 7.05 Å². The first-order chi connectivity index (χ1) is 9.43. The second kappa shape index (κ2) is 7.52. The Morgan fingerprint density at radius 1 is 1.55 bits per heavy atom. The minimum absolute atomic E-state index is 0.125. The number of alkyl carbamates (subject to hydrolysis) is 1. The summed E-state index contributed by atoms with van der Waals surface area (Å²) in [5, 5.41) is 15.6. The molecule has 20 heavy (non-hydrogen) atoms. The second-order valence-electron chi connectivity index (χ2n) is 4.63. The van der Waals surface area contributed by atoms with E-state index in [9.17, 15) is 9.59 Å². The van der Waals surface area contributed by atoms with Gasteiger partial charge in [0.05, 0.1) is 12.3 Å². The molecule has 0 radical (unpaired) electrons. The monoisotopic (exact) mass is 283 g/mol. The Morgan fingerprint density at radius 2 is 2.25 bits per heavy atom. The number of hydrogen-bond donors (Lipinski definition) is 2. The predicted octanol–water partition coefficient (Wildman–Crippen LogP) is 1.25. The van der Waals surface area contributed by atoms with Crippen molar-refractivity contribution in [2.75, 3.05) is 6.61 Å². The molecule has 2 N–H and O–H groups in total. The normalized spacial score (nSPS) is 11.9. The third-order valence-corrected chi connectivity index (χ3v) is 2.90. The van der Waals surface area contributed by atoms with E-state index >= 15 is 0 Å². The summed E-state index contributed by atoms with van der Waals surface area (Å²) in [5.41, 5.74) is 1.54. The lowest BCUT2D eigenvalue weighted by Gasteiger charge is -2.13. The molecule has 0 bridgehead atoms. The zero-order chi connectivity index (χ0) is 15.1. The van der Waals surface area contributed by atoms with Gasteiger partial charge in [0, 0.05) is 19.2 Å². The van der Waals surface area contributed by atoms with Crippen LogP contribution < -0.4 is 5.32 Å². The smallest absolute Gasteiger partial charge is 0.407 e. The molecule has 1 rings (SSSR count). The lowest BCUT2D eigenvalue weighted by atomic mass is 10.1. The molecular weight excluding hydrogens is 262 g/mol. The number of nitrogens with zero attached hydrogens (tertiary/aromatic N) is 2. The number of carbonyl (C=O) groups is 2. The van der Waals surface area contributed by atoms with Crippen molar-refractivity contribution in [1.82, 2.24) is 15.1 Å². The van der Waals surface area contributed by atoms with Crippen LogP contribution in [0.4, 0.5) is 4.79 Å². The van der Waals surface area contributed by atoms with Crippen molar-refractivity contribution in [2.45, 2.75) is 39.2 Å². The quantitative estimate of drug-likeness (QED) is 0.735. The van der Waals surface area contributed by atoms with Gasteiger partial charge in [0.25, 0.3) is 0 Å². The Morgan fingerprint density at radius 3 is 2.75 bits per heavy atom. The number of aromatic nitrogens is 2. The van der Waals surface area contributed by atoms with E-state index in [1.165, 1.54) is 0 Å². The largest absolute Gasteiger partial charge is 0.480 e. The van der Waals surface area contributed by atoms with Crippen molar-refractivity contribution in [1.29, 1.82) is 0 Å². The van der Waals surface area contributed by atoms with Crippen molar-refractivity contribution < 1.29 is 19.4 Å². The molecule has 1 unspecified atom stereocenters. The molecule has 1 heterocycles. The molecule has 0 saturated heterocycles. The molecule has 0 fully saturated rings. The van der Waals surface area contributed by atoms with Gasteiger partial charge in [0.15, 0.2) is 0 Å². The number of ether oxygens (including phenoxy) is 1. The van der Waals surface area contributed by atoms with Gasteiger partial charge in [-0.3, -0.25) is 4.68 Å². The fourth-order valence-corrected chi connectivity index (χ4v) is 1.64. The highest BCUT2D eigenvalue weighted by Gasteiger charge is 2.22. The van der Waals surface area contributed by atoms with Crippen molar-refractivity contribution >= 4 is 12.1 Å². The fraction of sp³-hybridized carbons (Fsp3) is 0.615. The van der Waals surface area contributed by atoms with Crippen molar-refractivity contribution in [3.8, 4) is 0 Å². The molecule has 7 nitrogen and oxygen atoms in total. The van der Waals surface area contributed by atoms with E-state index in [2.05, 4.69) is 10.4 Å². The van der Waals surface area contributed by atoms with Crippen LogP contribution in [0, 0.1) is 6.92 Å². The fourth-order valence-electron chi connectivity index (χ4n) is 1.64. The summed E-state index contributed by atoms with van der Waals surface area (Å²) in [6.45, 7) is 4.14. The minimum Gasteiger partial charge on any atom is -0.480 e. The number of aliphatic carboxylic acids is 1. The maximum absolute atomic E-state index is 11.5. The number of hydrogen-bond acceptors (Lipinski definition) is 4. The first-order valence-electron chi connectivity index (χ1n) is 6.59. The molecule has 0 aromatic carbocycles. The van der Waals surface area contributed by atoms with Crippen LogP contribution in [-0.2, 0) is 23.0 Å². The van der Waals surface area contributed by atoms with E-state index in [0.29, 0.717) is 5.69 Å². The third-order valence-electron chi connectivity index (χ3n) is 2.90. The van der Waals surface area contributed by atoms with E-state index in [1.54, 1.807) is 17.8 Å². The minimum atomic E-state index is -1.11. The first kappa shape index (κ1) is 16.0. The lowest BCUT2D eigenvalue weighted by molar-refractivity contribution is -0.139. The van der Waals surface area contributed by atoms with E-state index in [1.807, 2.05) is 13.8 Å². The number of carbonyl (C=O) groups excluding carboxylic acids is 1. The maximum Gasteiger partial charge on any atom is 0.407 e. The van der Waals surface area contributed by atoms with Crippen LogP contribution in [0.2, 0.25) is 0 Å². The van der Waals surface area contributed by atoms with Crippen LogP contribution in [0.1, 0.15) is 31.2 Å². The van der Waals surface area contributed by atoms with Crippen LogP contribution in [0.5, 0.6) is 0 Å². The van der Waals surface area contributed by atoms with E-state index in [4.69, 9.17) is 9.84 Å². The van der Waals surface area contributed by atoms with Crippen molar-refractivity contribution in [3.63, 3.8) is 0 Å². The summed E-state index contributed by atoms with van der Waals surface area (Å²) >= 11 is 0. The summed E-state index contributed by atoms with van der Waals surface area (Å²) in [5.74, 6) is -1.11. The number of unbranched alkanes of at least 4 members (excludes halogenated alkanes) is 1. The van der Waals surface area contributed by atoms with Gasteiger partial charge in [0.1, 0.15) is 6.04 Å². The first-order valence-corrected chi connectivity index (χ1v) is 6.59. The van der Waals surface area contributed by atoms with Gasteiger partial charge in [-0.15, -0.1) is 0 Å². The van der Waals surface area contributed by atoms with Gasteiger partial charge >= 0.3 is 12.1 Å². The third kappa shape index (κ3) is 4.91. The SMILES string of the molecule is CCCCOC(=O)NC(Cc1cc(C)n(C)n1)C(=O)O. The molecular formula is C13H21N3O4. The van der Waals surface area contributed by atoms with Gasteiger partial charge in [-0.25, -0.2) is 9.59 Å². The van der Waals surface area contributed by atoms with E-state index in [-0.39, 0.29) is 13.0 Å². The number of amides is 1. The zero-order valence-corrected chi connectivity index (χ0v) is 12.0. The molecule has 1 atom stereocenters. The number of nitrogens with one attached hydrogen (secondary N) is 1. The summed E-state index contributed by atoms with van der Waals surface area (Å²) in [6.07, 6.45) is 1.08. The second-order valence-corrected chi connectivity index (χ2v) is 4.63.